The molecular weight excluding hydrogens is 504 g/mol. The molecule has 1 unspecified atom stereocenters. The van der Waals surface area contributed by atoms with Crippen LogP contribution in [0.4, 0.5) is 11.4 Å². The van der Waals surface area contributed by atoms with Crippen molar-refractivity contribution in [2.45, 2.75) is 26.8 Å². The fourth-order valence-corrected chi connectivity index (χ4v) is 4.93. The van der Waals surface area contributed by atoms with E-state index in [1.165, 1.54) is 4.90 Å². The molecule has 1 amide bonds. The summed E-state index contributed by atoms with van der Waals surface area (Å²) in [5.74, 6) is -0.878. The lowest BCUT2D eigenvalue weighted by atomic mass is 9.94. The number of amides is 1. The van der Waals surface area contributed by atoms with Crippen LogP contribution in [0.1, 0.15) is 37.9 Å². The summed E-state index contributed by atoms with van der Waals surface area (Å²) in [6.07, 6.45) is 0. The fourth-order valence-electron chi connectivity index (χ4n) is 4.73. The first-order chi connectivity index (χ1) is 18.3. The molecule has 0 spiro atoms. The van der Waals surface area contributed by atoms with Crippen LogP contribution in [0.3, 0.4) is 0 Å². The van der Waals surface area contributed by atoms with Gasteiger partial charge in [0.05, 0.1) is 30.4 Å². The molecule has 7 nitrogen and oxygen atoms in total. The number of aliphatic hydroxyl groups is 1. The van der Waals surface area contributed by atoms with Gasteiger partial charge in [-0.05, 0) is 80.9 Å². The van der Waals surface area contributed by atoms with Gasteiger partial charge in [0.1, 0.15) is 17.3 Å². The van der Waals surface area contributed by atoms with E-state index in [0.29, 0.717) is 29.4 Å². The summed E-state index contributed by atoms with van der Waals surface area (Å²) >= 11 is 6.44. The van der Waals surface area contributed by atoms with Crippen molar-refractivity contribution in [3.63, 3.8) is 0 Å². The van der Waals surface area contributed by atoms with Crippen molar-refractivity contribution in [3.05, 3.63) is 88.5 Å². The second-order valence-electron chi connectivity index (χ2n) is 8.71. The Morgan fingerprint density at radius 1 is 0.974 bits per heavy atom. The number of carbonyl (C=O) groups is 2. The topological polar surface area (TPSA) is 79.3 Å². The van der Waals surface area contributed by atoms with Crippen molar-refractivity contribution >= 4 is 40.4 Å². The van der Waals surface area contributed by atoms with Gasteiger partial charge in [0, 0.05) is 30.0 Å². The fraction of sp³-hybridized carbons (Fsp3) is 0.267. The molecule has 0 aromatic heterocycles. The molecule has 4 rings (SSSR count). The highest BCUT2D eigenvalue weighted by atomic mass is 35.5. The third kappa shape index (κ3) is 5.07. The van der Waals surface area contributed by atoms with Gasteiger partial charge in [-0.3, -0.25) is 14.5 Å². The van der Waals surface area contributed by atoms with Gasteiger partial charge in [-0.2, -0.15) is 0 Å². The number of nitrogens with zero attached hydrogens (tertiary/aromatic N) is 2. The summed E-state index contributed by atoms with van der Waals surface area (Å²) in [5.41, 5.74) is 2.29. The Hall–Kier alpha value is -3.97. The molecule has 1 aliphatic rings. The van der Waals surface area contributed by atoms with E-state index < -0.39 is 17.7 Å². The SMILES string of the molecule is CCOc1ccc(Cl)c(/C(O)=C2\C(=O)C(=O)N(c3ccc(N(CC)CC)cc3)C2c2cccc(OC)c2)c1. The van der Waals surface area contributed by atoms with E-state index in [4.69, 9.17) is 21.1 Å². The van der Waals surface area contributed by atoms with Gasteiger partial charge in [-0.1, -0.05) is 23.7 Å². The maximum Gasteiger partial charge on any atom is 0.300 e. The summed E-state index contributed by atoms with van der Waals surface area (Å²) < 4.78 is 11.0. The zero-order valence-electron chi connectivity index (χ0n) is 21.9. The highest BCUT2D eigenvalue weighted by molar-refractivity contribution is 6.52. The summed E-state index contributed by atoms with van der Waals surface area (Å²) in [6.45, 7) is 8.08. The molecule has 1 aliphatic heterocycles. The number of hydrogen-bond donors (Lipinski definition) is 1. The van der Waals surface area contributed by atoms with Crippen LogP contribution in [0, 0.1) is 0 Å². The number of carbonyl (C=O) groups excluding carboxylic acids is 2. The van der Waals surface area contributed by atoms with Crippen LogP contribution in [0.15, 0.2) is 72.3 Å². The zero-order valence-corrected chi connectivity index (χ0v) is 22.7. The lowest BCUT2D eigenvalue weighted by Gasteiger charge is -2.27. The van der Waals surface area contributed by atoms with Gasteiger partial charge in [0.2, 0.25) is 0 Å². The number of benzene rings is 3. The van der Waals surface area contributed by atoms with E-state index in [1.54, 1.807) is 49.6 Å². The van der Waals surface area contributed by atoms with E-state index in [0.717, 1.165) is 18.8 Å². The van der Waals surface area contributed by atoms with Crippen LogP contribution in [0.5, 0.6) is 11.5 Å². The number of Topliss-reactive ketones (excluding diaryl/α,β-unsaturated/α-hetero) is 1. The third-order valence-corrected chi connectivity index (χ3v) is 6.94. The summed E-state index contributed by atoms with van der Waals surface area (Å²) in [5, 5.41) is 11.7. The van der Waals surface area contributed by atoms with Crippen molar-refractivity contribution in [1.29, 1.82) is 0 Å². The monoisotopic (exact) mass is 534 g/mol. The molecule has 1 atom stereocenters. The van der Waals surface area contributed by atoms with Gasteiger partial charge in [-0.25, -0.2) is 0 Å². The highest BCUT2D eigenvalue weighted by Gasteiger charge is 2.47. The number of halogens is 1. The third-order valence-electron chi connectivity index (χ3n) is 6.61. The molecule has 38 heavy (non-hydrogen) atoms. The van der Waals surface area contributed by atoms with Gasteiger partial charge >= 0.3 is 0 Å². The van der Waals surface area contributed by atoms with Crippen LogP contribution >= 0.6 is 11.6 Å². The predicted octanol–water partition coefficient (Wildman–Crippen LogP) is 6.22. The number of rotatable bonds is 9. The summed E-state index contributed by atoms with van der Waals surface area (Å²) in [6, 6.07) is 18.5. The van der Waals surface area contributed by atoms with Crippen molar-refractivity contribution in [2.75, 3.05) is 36.6 Å². The molecule has 1 N–H and O–H groups in total. The Labute approximate surface area is 227 Å². The average Bonchev–Trinajstić information content (AvgIpc) is 3.20. The molecule has 1 saturated heterocycles. The van der Waals surface area contributed by atoms with E-state index >= 15 is 0 Å². The van der Waals surface area contributed by atoms with Crippen molar-refractivity contribution in [3.8, 4) is 11.5 Å². The quantitative estimate of drug-likeness (QED) is 0.199. The Balaban J connectivity index is 1.91. The minimum absolute atomic E-state index is 0.0633. The smallest absolute Gasteiger partial charge is 0.300 e. The van der Waals surface area contributed by atoms with E-state index in [-0.39, 0.29) is 21.9 Å². The molecule has 3 aromatic rings. The van der Waals surface area contributed by atoms with Crippen LogP contribution in [0.2, 0.25) is 5.02 Å². The second-order valence-corrected chi connectivity index (χ2v) is 9.12. The van der Waals surface area contributed by atoms with Gasteiger partial charge in [-0.15, -0.1) is 0 Å². The molecule has 0 saturated carbocycles. The average molecular weight is 535 g/mol. The molecule has 1 fully saturated rings. The first-order valence-electron chi connectivity index (χ1n) is 12.6. The van der Waals surface area contributed by atoms with E-state index in [9.17, 15) is 14.7 Å². The van der Waals surface area contributed by atoms with Crippen molar-refractivity contribution in [1.82, 2.24) is 0 Å². The molecule has 8 heteroatoms. The number of ketones is 1. The molecule has 1 heterocycles. The van der Waals surface area contributed by atoms with Gasteiger partial charge < -0.3 is 19.5 Å². The van der Waals surface area contributed by atoms with Crippen LogP contribution < -0.4 is 19.3 Å². The highest BCUT2D eigenvalue weighted by Crippen LogP contribution is 2.44. The molecule has 0 bridgehead atoms. The Kier molecular flexibility index (Phi) is 8.27. The minimum Gasteiger partial charge on any atom is -0.507 e. The molecule has 3 aromatic carbocycles. The van der Waals surface area contributed by atoms with Crippen molar-refractivity contribution in [2.24, 2.45) is 0 Å². The van der Waals surface area contributed by atoms with Crippen LogP contribution in [-0.4, -0.2) is 43.6 Å². The lowest BCUT2D eigenvalue weighted by molar-refractivity contribution is -0.132. The van der Waals surface area contributed by atoms with Gasteiger partial charge in [0.15, 0.2) is 0 Å². The molecule has 198 valence electrons. The van der Waals surface area contributed by atoms with Crippen molar-refractivity contribution < 1.29 is 24.2 Å². The second kappa shape index (κ2) is 11.6. The molecular formula is C30H31ClN2O5. The Bertz CT molecular complexity index is 1370. The standard InChI is InChI=1S/C30H31ClN2O5/c1-5-32(6-2)20-11-13-21(14-12-20)33-27(19-9-8-10-22(17-19)37-4)26(29(35)30(33)36)28(34)24-18-23(38-7-3)15-16-25(24)31/h8-18,27,34H,5-7H2,1-4H3/b28-26+. The Morgan fingerprint density at radius 3 is 2.32 bits per heavy atom. The predicted molar refractivity (Wildman–Crippen MR) is 150 cm³/mol. The normalized spacial score (nSPS) is 16.6. The number of ether oxygens (including phenoxy) is 2. The number of aliphatic hydroxyl groups excluding tert-OH is 1. The number of anilines is 2. The first-order valence-corrected chi connectivity index (χ1v) is 12.9. The summed E-state index contributed by atoms with van der Waals surface area (Å²) in [7, 11) is 1.54. The van der Waals surface area contributed by atoms with E-state index in [2.05, 4.69) is 18.7 Å². The maximum absolute atomic E-state index is 13.5. The number of methoxy groups -OCH3 is 1. The minimum atomic E-state index is -0.906. The zero-order chi connectivity index (χ0) is 27.4. The lowest BCUT2D eigenvalue weighted by Crippen LogP contribution is -2.29. The summed E-state index contributed by atoms with van der Waals surface area (Å²) in [4.78, 5) is 30.6. The Morgan fingerprint density at radius 2 is 1.68 bits per heavy atom. The molecule has 0 radical (unpaired) electrons. The first kappa shape index (κ1) is 27.1. The molecule has 0 aliphatic carbocycles. The van der Waals surface area contributed by atoms with E-state index in [1.807, 2.05) is 31.2 Å². The van der Waals surface area contributed by atoms with Crippen LogP contribution in [0.25, 0.3) is 5.76 Å². The van der Waals surface area contributed by atoms with Gasteiger partial charge in [0.25, 0.3) is 11.7 Å². The maximum atomic E-state index is 13.5. The largest absolute Gasteiger partial charge is 0.507 e. The van der Waals surface area contributed by atoms with Crippen LogP contribution in [-0.2, 0) is 9.59 Å². The number of hydrogen-bond acceptors (Lipinski definition) is 6.